The molecule has 6 nitrogen and oxygen atoms in total. The third-order valence-corrected chi connectivity index (χ3v) is 1.08. The van der Waals surface area contributed by atoms with E-state index in [4.69, 9.17) is 14.9 Å². The van der Waals surface area contributed by atoms with Crippen molar-refractivity contribution in [1.82, 2.24) is 0 Å². The second-order valence-electron chi connectivity index (χ2n) is 3.86. The van der Waals surface area contributed by atoms with Crippen molar-refractivity contribution in [3.8, 4) is 0 Å². The first-order valence-electron chi connectivity index (χ1n) is 4.69. The van der Waals surface area contributed by atoms with Crippen molar-refractivity contribution in [2.75, 3.05) is 13.2 Å². The van der Waals surface area contributed by atoms with Crippen LogP contribution in [0.15, 0.2) is 12.2 Å². The molecule has 0 fully saturated rings. The van der Waals surface area contributed by atoms with Crippen LogP contribution >= 0.6 is 0 Å². The molecule has 0 aromatic heterocycles. The number of hydrogen-bond acceptors (Lipinski definition) is 5. The van der Waals surface area contributed by atoms with Crippen molar-refractivity contribution < 1.29 is 29.2 Å². The minimum absolute atomic E-state index is 0.00112. The van der Waals surface area contributed by atoms with E-state index >= 15 is 0 Å². The van der Waals surface area contributed by atoms with Gasteiger partial charge < -0.3 is 9.84 Å². The lowest BCUT2D eigenvalue weighted by Gasteiger charge is -2.17. The van der Waals surface area contributed by atoms with Gasteiger partial charge in [-0.05, 0) is 20.8 Å². The van der Waals surface area contributed by atoms with Crippen LogP contribution < -0.4 is 0 Å². The molecule has 0 radical (unpaired) electrons. The molecule has 0 aromatic carbocycles. The lowest BCUT2D eigenvalue weighted by atomic mass is 10.2. The molecule has 0 spiro atoms. The standard InChI is InChI=1S/C10H16O6/c1-10(2,3)16-15-7-6-14-9(13)5-4-8(11)12/h4-5H,6-7H2,1-3H3,(H,11,12)/b5-4+. The van der Waals surface area contributed by atoms with Gasteiger partial charge in [-0.3, -0.25) is 0 Å². The second-order valence-corrected chi connectivity index (χ2v) is 3.86. The summed E-state index contributed by atoms with van der Waals surface area (Å²) in [6.07, 6.45) is 1.53. The number of rotatable bonds is 6. The maximum Gasteiger partial charge on any atom is 0.331 e. The SMILES string of the molecule is CC(C)(C)OOCCOC(=O)/C=C/C(=O)O. The average molecular weight is 232 g/mol. The zero-order valence-corrected chi connectivity index (χ0v) is 9.56. The minimum Gasteiger partial charge on any atom is -0.478 e. The predicted molar refractivity (Wildman–Crippen MR) is 54.5 cm³/mol. The Morgan fingerprint density at radius 1 is 1.19 bits per heavy atom. The maximum absolute atomic E-state index is 10.8. The number of carboxylic acid groups (broad SMARTS) is 1. The zero-order valence-electron chi connectivity index (χ0n) is 9.56. The van der Waals surface area contributed by atoms with Crippen molar-refractivity contribution in [3.05, 3.63) is 12.2 Å². The van der Waals surface area contributed by atoms with Crippen LogP contribution in [0.1, 0.15) is 20.8 Å². The topological polar surface area (TPSA) is 82.1 Å². The normalized spacial score (nSPS) is 11.7. The number of carbonyl (C=O) groups excluding carboxylic acids is 1. The van der Waals surface area contributed by atoms with Gasteiger partial charge in [-0.2, -0.15) is 0 Å². The molecule has 0 aliphatic heterocycles. The van der Waals surface area contributed by atoms with Gasteiger partial charge in [0.05, 0.1) is 5.60 Å². The number of carboxylic acids is 1. The van der Waals surface area contributed by atoms with Crippen LogP contribution in [0.4, 0.5) is 0 Å². The zero-order chi connectivity index (χ0) is 12.6. The summed E-state index contributed by atoms with van der Waals surface area (Å²) in [5.74, 6) is -1.94. The highest BCUT2D eigenvalue weighted by atomic mass is 17.2. The van der Waals surface area contributed by atoms with Gasteiger partial charge in [-0.25, -0.2) is 19.4 Å². The van der Waals surface area contributed by atoms with Crippen LogP contribution in [0.3, 0.4) is 0 Å². The highest BCUT2D eigenvalue weighted by Gasteiger charge is 2.11. The molecule has 92 valence electrons. The number of carbonyl (C=O) groups is 2. The van der Waals surface area contributed by atoms with E-state index in [1.807, 2.05) is 20.8 Å². The van der Waals surface area contributed by atoms with Crippen LogP contribution in [0.5, 0.6) is 0 Å². The quantitative estimate of drug-likeness (QED) is 0.241. The molecule has 0 amide bonds. The summed E-state index contributed by atoms with van der Waals surface area (Å²) in [7, 11) is 0. The van der Waals surface area contributed by atoms with Gasteiger partial charge in [0, 0.05) is 12.2 Å². The van der Waals surface area contributed by atoms with E-state index in [1.165, 1.54) is 0 Å². The summed E-state index contributed by atoms with van der Waals surface area (Å²) in [6, 6.07) is 0. The van der Waals surface area contributed by atoms with E-state index in [1.54, 1.807) is 0 Å². The molecule has 0 aromatic rings. The summed E-state index contributed by atoms with van der Waals surface area (Å²) in [6.45, 7) is 5.53. The maximum atomic E-state index is 10.8. The molecule has 6 heteroatoms. The predicted octanol–water partition coefficient (Wildman–Crippen LogP) is 0.917. The second kappa shape index (κ2) is 6.97. The van der Waals surface area contributed by atoms with Crippen molar-refractivity contribution in [2.24, 2.45) is 0 Å². The first kappa shape index (κ1) is 14.6. The fourth-order valence-corrected chi connectivity index (χ4v) is 0.582. The Kier molecular flexibility index (Phi) is 6.36. The van der Waals surface area contributed by atoms with Gasteiger partial charge >= 0.3 is 11.9 Å². The van der Waals surface area contributed by atoms with Crippen LogP contribution in [0, 0.1) is 0 Å². The molecule has 1 N–H and O–H groups in total. The Hall–Kier alpha value is -1.40. The third kappa shape index (κ3) is 10.7. The lowest BCUT2D eigenvalue weighted by Crippen LogP contribution is -2.21. The van der Waals surface area contributed by atoms with Gasteiger partial charge in [0.25, 0.3) is 0 Å². The average Bonchev–Trinajstić information content (AvgIpc) is 2.12. The van der Waals surface area contributed by atoms with E-state index in [0.29, 0.717) is 6.08 Å². The molecule has 0 saturated heterocycles. The highest BCUT2D eigenvalue weighted by Crippen LogP contribution is 2.06. The molecule has 0 aliphatic rings. The molecule has 0 atom stereocenters. The monoisotopic (exact) mass is 232 g/mol. The molecule has 0 unspecified atom stereocenters. The summed E-state index contributed by atoms with van der Waals surface area (Å²) in [5, 5.41) is 8.22. The number of esters is 1. The number of hydrogen-bond donors (Lipinski definition) is 1. The largest absolute Gasteiger partial charge is 0.478 e. The van der Waals surface area contributed by atoms with Gasteiger partial charge in [0.15, 0.2) is 0 Å². The van der Waals surface area contributed by atoms with Crippen molar-refractivity contribution in [3.63, 3.8) is 0 Å². The van der Waals surface area contributed by atoms with Crippen molar-refractivity contribution >= 4 is 11.9 Å². The first-order chi connectivity index (χ1) is 7.31. The Labute approximate surface area is 93.7 Å². The van der Waals surface area contributed by atoms with E-state index in [2.05, 4.69) is 4.74 Å². The number of aliphatic carboxylic acids is 1. The summed E-state index contributed by atoms with van der Waals surface area (Å²) in [4.78, 5) is 30.6. The molecule has 0 rings (SSSR count). The Morgan fingerprint density at radius 2 is 1.81 bits per heavy atom. The molecule has 0 saturated carbocycles. The Balaban J connectivity index is 3.53. The minimum atomic E-state index is -1.20. The fraction of sp³-hybridized carbons (Fsp3) is 0.600. The molecular formula is C10H16O6. The molecule has 16 heavy (non-hydrogen) atoms. The van der Waals surface area contributed by atoms with Crippen LogP contribution in [0.25, 0.3) is 0 Å². The van der Waals surface area contributed by atoms with E-state index < -0.39 is 17.5 Å². The lowest BCUT2D eigenvalue weighted by molar-refractivity contribution is -0.350. The smallest absolute Gasteiger partial charge is 0.331 e. The van der Waals surface area contributed by atoms with Crippen LogP contribution in [0.2, 0.25) is 0 Å². The number of ether oxygens (including phenoxy) is 1. The fourth-order valence-electron chi connectivity index (χ4n) is 0.582. The van der Waals surface area contributed by atoms with Crippen molar-refractivity contribution in [1.29, 1.82) is 0 Å². The van der Waals surface area contributed by atoms with Gasteiger partial charge in [0.2, 0.25) is 0 Å². The van der Waals surface area contributed by atoms with Gasteiger partial charge in [-0.15, -0.1) is 0 Å². The van der Waals surface area contributed by atoms with Gasteiger partial charge in [0.1, 0.15) is 13.2 Å². The van der Waals surface area contributed by atoms with Crippen molar-refractivity contribution in [2.45, 2.75) is 26.4 Å². The third-order valence-electron chi connectivity index (χ3n) is 1.08. The summed E-state index contributed by atoms with van der Waals surface area (Å²) >= 11 is 0. The Morgan fingerprint density at radius 3 is 2.31 bits per heavy atom. The van der Waals surface area contributed by atoms with Gasteiger partial charge in [-0.1, -0.05) is 0 Å². The highest BCUT2D eigenvalue weighted by molar-refractivity contribution is 5.90. The van der Waals surface area contributed by atoms with Crippen LogP contribution in [-0.2, 0) is 24.1 Å². The molecule has 0 bridgehead atoms. The summed E-state index contributed by atoms with van der Waals surface area (Å²) in [5.41, 5.74) is -0.423. The molecular weight excluding hydrogens is 216 g/mol. The molecule has 0 aliphatic carbocycles. The van der Waals surface area contributed by atoms with E-state index in [-0.39, 0.29) is 13.2 Å². The van der Waals surface area contributed by atoms with E-state index in [9.17, 15) is 9.59 Å². The van der Waals surface area contributed by atoms with Crippen LogP contribution in [-0.4, -0.2) is 35.9 Å². The Bertz CT molecular complexity index is 263. The summed E-state index contributed by atoms with van der Waals surface area (Å²) < 4.78 is 4.61. The van der Waals surface area contributed by atoms with E-state index in [0.717, 1.165) is 6.08 Å². The molecule has 0 heterocycles. The first-order valence-corrected chi connectivity index (χ1v) is 4.69.